The van der Waals surface area contributed by atoms with E-state index in [1.54, 1.807) is 0 Å². The molecule has 3 heteroatoms. The van der Waals surface area contributed by atoms with Crippen LogP contribution in [0.4, 0.5) is 0 Å². The number of rotatable bonds is 3. The number of aryl methyl sites for hydroxylation is 1. The quantitative estimate of drug-likeness (QED) is 0.890. The molecule has 2 atom stereocenters. The first-order chi connectivity index (χ1) is 8.19. The Hall–Kier alpha value is -0.730. The van der Waals surface area contributed by atoms with Crippen molar-refractivity contribution in [3.05, 3.63) is 28.8 Å². The van der Waals surface area contributed by atoms with Crippen molar-refractivity contribution < 1.29 is 4.74 Å². The summed E-state index contributed by atoms with van der Waals surface area (Å²) in [4.78, 5) is 0. The fraction of sp³-hybridized carbons (Fsp3) is 0.571. The van der Waals surface area contributed by atoms with Gasteiger partial charge in [0.2, 0.25) is 0 Å². The van der Waals surface area contributed by atoms with Gasteiger partial charge in [-0.1, -0.05) is 17.7 Å². The Balaban J connectivity index is 2.00. The van der Waals surface area contributed by atoms with Crippen LogP contribution in [0.3, 0.4) is 0 Å². The highest BCUT2D eigenvalue weighted by atomic mass is 35.5. The molecule has 2 rings (SSSR count). The van der Waals surface area contributed by atoms with E-state index in [-0.39, 0.29) is 0 Å². The molecule has 0 amide bonds. The molecule has 94 valence electrons. The summed E-state index contributed by atoms with van der Waals surface area (Å²) in [5.41, 5.74) is 1.17. The van der Waals surface area contributed by atoms with Crippen LogP contribution in [-0.2, 0) is 0 Å². The molecule has 2 nitrogen and oxygen atoms in total. The van der Waals surface area contributed by atoms with Gasteiger partial charge in [-0.05, 0) is 57.4 Å². The van der Waals surface area contributed by atoms with Gasteiger partial charge < -0.3 is 10.1 Å². The molecule has 0 aromatic heterocycles. The van der Waals surface area contributed by atoms with Crippen molar-refractivity contribution in [3.8, 4) is 5.75 Å². The van der Waals surface area contributed by atoms with E-state index in [2.05, 4.69) is 5.32 Å². The number of hydrogen-bond acceptors (Lipinski definition) is 2. The molecule has 1 aromatic carbocycles. The summed E-state index contributed by atoms with van der Waals surface area (Å²) in [6.07, 6.45) is 4.96. The number of halogens is 1. The Morgan fingerprint density at radius 2 is 2.18 bits per heavy atom. The molecule has 0 spiro atoms. The average Bonchev–Trinajstić information content (AvgIpc) is 2.33. The van der Waals surface area contributed by atoms with Gasteiger partial charge >= 0.3 is 0 Å². The second-order valence-electron chi connectivity index (χ2n) is 4.83. The van der Waals surface area contributed by atoms with Crippen molar-refractivity contribution in [1.82, 2.24) is 5.32 Å². The van der Waals surface area contributed by atoms with Crippen molar-refractivity contribution in [2.24, 2.45) is 0 Å². The summed E-state index contributed by atoms with van der Waals surface area (Å²) in [6.45, 7) is 2.04. The van der Waals surface area contributed by atoms with Gasteiger partial charge in [-0.15, -0.1) is 0 Å². The van der Waals surface area contributed by atoms with Gasteiger partial charge in [0.15, 0.2) is 0 Å². The zero-order valence-electron chi connectivity index (χ0n) is 10.5. The van der Waals surface area contributed by atoms with E-state index in [1.807, 2.05) is 32.2 Å². The van der Waals surface area contributed by atoms with E-state index in [0.29, 0.717) is 12.1 Å². The van der Waals surface area contributed by atoms with Gasteiger partial charge in [0.1, 0.15) is 11.9 Å². The molecule has 1 aliphatic rings. The third-order valence-electron chi connectivity index (χ3n) is 3.42. The SMILES string of the molecule is CNC1CCCC(Oc2ccc(C)cc2Cl)C1. The number of ether oxygens (including phenoxy) is 1. The summed E-state index contributed by atoms with van der Waals surface area (Å²) in [7, 11) is 2.02. The molecular weight excluding hydrogens is 234 g/mol. The molecule has 1 aromatic rings. The molecule has 1 N–H and O–H groups in total. The number of hydrogen-bond donors (Lipinski definition) is 1. The van der Waals surface area contributed by atoms with E-state index in [1.165, 1.54) is 18.4 Å². The zero-order valence-corrected chi connectivity index (χ0v) is 11.3. The Morgan fingerprint density at radius 1 is 1.35 bits per heavy atom. The topological polar surface area (TPSA) is 21.3 Å². The van der Waals surface area contributed by atoms with Crippen LogP contribution in [0.1, 0.15) is 31.2 Å². The van der Waals surface area contributed by atoms with Crippen LogP contribution >= 0.6 is 11.6 Å². The summed E-state index contributed by atoms with van der Waals surface area (Å²) < 4.78 is 6.00. The molecule has 1 saturated carbocycles. The Morgan fingerprint density at radius 3 is 2.88 bits per heavy atom. The minimum atomic E-state index is 0.293. The van der Waals surface area contributed by atoms with Gasteiger partial charge in [0.25, 0.3) is 0 Å². The normalized spacial score (nSPS) is 24.6. The van der Waals surface area contributed by atoms with Crippen molar-refractivity contribution in [2.75, 3.05) is 7.05 Å². The Bertz CT molecular complexity index is 380. The number of benzene rings is 1. The predicted molar refractivity (Wildman–Crippen MR) is 71.9 cm³/mol. The van der Waals surface area contributed by atoms with Crippen LogP contribution in [0.5, 0.6) is 5.75 Å². The van der Waals surface area contributed by atoms with Crippen LogP contribution in [0, 0.1) is 6.92 Å². The highest BCUT2D eigenvalue weighted by Crippen LogP contribution is 2.29. The molecule has 2 unspecified atom stereocenters. The van der Waals surface area contributed by atoms with Crippen LogP contribution in [-0.4, -0.2) is 19.2 Å². The van der Waals surface area contributed by atoms with Crippen LogP contribution < -0.4 is 10.1 Å². The van der Waals surface area contributed by atoms with Crippen molar-refractivity contribution in [1.29, 1.82) is 0 Å². The third kappa shape index (κ3) is 3.36. The van der Waals surface area contributed by atoms with E-state index in [0.717, 1.165) is 23.6 Å². The molecule has 0 saturated heterocycles. The molecule has 1 aliphatic carbocycles. The lowest BCUT2D eigenvalue weighted by atomic mass is 9.93. The zero-order chi connectivity index (χ0) is 12.3. The predicted octanol–water partition coefficient (Wildman–Crippen LogP) is 3.56. The van der Waals surface area contributed by atoms with Gasteiger partial charge in [-0.25, -0.2) is 0 Å². The standard InChI is InChI=1S/C14H20ClNO/c1-10-6-7-14(13(15)8-10)17-12-5-3-4-11(9-12)16-2/h6-8,11-12,16H,3-5,9H2,1-2H3. The largest absolute Gasteiger partial charge is 0.489 e. The van der Waals surface area contributed by atoms with Crippen LogP contribution in [0.15, 0.2) is 18.2 Å². The molecule has 0 heterocycles. The lowest BCUT2D eigenvalue weighted by Crippen LogP contribution is -2.36. The third-order valence-corrected chi connectivity index (χ3v) is 3.71. The maximum Gasteiger partial charge on any atom is 0.138 e. The summed E-state index contributed by atoms with van der Waals surface area (Å²) in [5.74, 6) is 0.819. The molecule has 17 heavy (non-hydrogen) atoms. The highest BCUT2D eigenvalue weighted by molar-refractivity contribution is 6.32. The lowest BCUT2D eigenvalue weighted by molar-refractivity contribution is 0.137. The summed E-state index contributed by atoms with van der Waals surface area (Å²) >= 11 is 6.18. The maximum atomic E-state index is 6.18. The van der Waals surface area contributed by atoms with Gasteiger partial charge in [-0.3, -0.25) is 0 Å². The van der Waals surface area contributed by atoms with Gasteiger partial charge in [-0.2, -0.15) is 0 Å². The monoisotopic (exact) mass is 253 g/mol. The Kier molecular flexibility index (Phi) is 4.30. The minimum Gasteiger partial charge on any atom is -0.489 e. The van der Waals surface area contributed by atoms with Crippen molar-refractivity contribution in [2.45, 2.75) is 44.8 Å². The van der Waals surface area contributed by atoms with E-state index in [4.69, 9.17) is 16.3 Å². The van der Waals surface area contributed by atoms with Crippen molar-refractivity contribution >= 4 is 11.6 Å². The second kappa shape index (κ2) is 5.74. The van der Waals surface area contributed by atoms with E-state index >= 15 is 0 Å². The highest BCUT2D eigenvalue weighted by Gasteiger charge is 2.22. The first-order valence-corrected chi connectivity index (χ1v) is 6.67. The maximum absolute atomic E-state index is 6.18. The first-order valence-electron chi connectivity index (χ1n) is 6.29. The van der Waals surface area contributed by atoms with Crippen LogP contribution in [0.25, 0.3) is 0 Å². The number of nitrogens with one attached hydrogen (secondary N) is 1. The first kappa shape index (κ1) is 12.7. The van der Waals surface area contributed by atoms with Crippen molar-refractivity contribution in [3.63, 3.8) is 0 Å². The summed E-state index contributed by atoms with van der Waals surface area (Å²) in [6, 6.07) is 6.55. The fourth-order valence-corrected chi connectivity index (χ4v) is 2.67. The van der Waals surface area contributed by atoms with E-state index in [9.17, 15) is 0 Å². The smallest absolute Gasteiger partial charge is 0.138 e. The molecule has 1 fully saturated rings. The molecule has 0 aliphatic heterocycles. The van der Waals surface area contributed by atoms with Gasteiger partial charge in [0.05, 0.1) is 5.02 Å². The fourth-order valence-electron chi connectivity index (χ4n) is 2.40. The average molecular weight is 254 g/mol. The second-order valence-corrected chi connectivity index (χ2v) is 5.23. The van der Waals surface area contributed by atoms with E-state index < -0.39 is 0 Å². The summed E-state index contributed by atoms with van der Waals surface area (Å²) in [5, 5.41) is 4.05. The van der Waals surface area contributed by atoms with Gasteiger partial charge in [0, 0.05) is 6.04 Å². The van der Waals surface area contributed by atoms with Crippen LogP contribution in [0.2, 0.25) is 5.02 Å². The Labute approximate surface area is 108 Å². The molecule has 0 bridgehead atoms. The molecule has 0 radical (unpaired) electrons. The lowest BCUT2D eigenvalue weighted by Gasteiger charge is -2.29. The minimum absolute atomic E-state index is 0.293. The molecular formula is C14H20ClNO.